The van der Waals surface area contributed by atoms with Gasteiger partial charge in [0.2, 0.25) is 5.91 Å². The van der Waals surface area contributed by atoms with Gasteiger partial charge in [-0.15, -0.1) is 24.8 Å². The number of nitrogens with zero attached hydrogens (tertiary/aromatic N) is 2. The summed E-state index contributed by atoms with van der Waals surface area (Å²) in [7, 11) is 0. The second kappa shape index (κ2) is 9.87. The Balaban J connectivity index is 0.00000220. The summed E-state index contributed by atoms with van der Waals surface area (Å²) in [6.45, 7) is 6.61. The summed E-state index contributed by atoms with van der Waals surface area (Å²) in [5.74, 6) is 1.71. The largest absolute Gasteiger partial charge is 0.357 e. The maximum Gasteiger partial charge on any atom is 0.236 e. The van der Waals surface area contributed by atoms with E-state index in [1.54, 1.807) is 6.92 Å². The van der Waals surface area contributed by atoms with Crippen LogP contribution in [0.15, 0.2) is 18.3 Å². The maximum atomic E-state index is 11.4. The van der Waals surface area contributed by atoms with Crippen LogP contribution in [0.2, 0.25) is 0 Å². The molecule has 1 saturated heterocycles. The monoisotopic (exact) mass is 348 g/mol. The van der Waals surface area contributed by atoms with E-state index < -0.39 is 6.04 Å². The first-order valence-corrected chi connectivity index (χ1v) is 7.29. The lowest BCUT2D eigenvalue weighted by Crippen LogP contribution is -2.37. The molecule has 2 heterocycles. The molecule has 1 amide bonds. The Morgan fingerprint density at radius 2 is 2.05 bits per heavy atom. The standard InChI is InChI=1S/C15H24N4O.2ClH/c1-11-5-7-19(8-6-11)14-4-3-13(9-17-14)10-18-15(20)12(2)16;;/h3-4,9,11-12H,5-8,10,16H2,1-2H3,(H,18,20);2*1H/t12-;;/m1../s1. The molecule has 0 aromatic carbocycles. The molecule has 1 fully saturated rings. The third kappa shape index (κ3) is 5.99. The van der Waals surface area contributed by atoms with E-state index in [4.69, 9.17) is 5.73 Å². The predicted octanol–water partition coefficient (Wildman–Crippen LogP) is 2.12. The molecule has 126 valence electrons. The molecule has 0 saturated carbocycles. The maximum absolute atomic E-state index is 11.4. The van der Waals surface area contributed by atoms with Crippen molar-refractivity contribution in [2.24, 2.45) is 11.7 Å². The van der Waals surface area contributed by atoms with Gasteiger partial charge in [0.25, 0.3) is 0 Å². The van der Waals surface area contributed by atoms with Crippen molar-refractivity contribution >= 4 is 36.5 Å². The van der Waals surface area contributed by atoms with Gasteiger partial charge >= 0.3 is 0 Å². The van der Waals surface area contributed by atoms with Crippen LogP contribution in [0.5, 0.6) is 0 Å². The van der Waals surface area contributed by atoms with Crippen LogP contribution in [0.25, 0.3) is 0 Å². The number of carbonyl (C=O) groups is 1. The minimum absolute atomic E-state index is 0. The van der Waals surface area contributed by atoms with Gasteiger partial charge in [0.1, 0.15) is 5.82 Å². The number of rotatable bonds is 4. The fourth-order valence-electron chi connectivity index (χ4n) is 2.30. The Morgan fingerprint density at radius 1 is 1.41 bits per heavy atom. The molecule has 1 aromatic rings. The number of aromatic nitrogens is 1. The summed E-state index contributed by atoms with van der Waals surface area (Å²) in [4.78, 5) is 18.2. The number of pyridine rings is 1. The second-order valence-electron chi connectivity index (χ2n) is 5.70. The van der Waals surface area contributed by atoms with Crippen molar-refractivity contribution in [2.45, 2.75) is 39.3 Å². The molecule has 22 heavy (non-hydrogen) atoms. The van der Waals surface area contributed by atoms with E-state index in [-0.39, 0.29) is 30.7 Å². The normalized spacial score (nSPS) is 16.2. The minimum atomic E-state index is -0.474. The summed E-state index contributed by atoms with van der Waals surface area (Å²) in [6.07, 6.45) is 4.29. The molecule has 0 spiro atoms. The molecule has 0 radical (unpaired) electrons. The highest BCUT2D eigenvalue weighted by Gasteiger charge is 2.16. The van der Waals surface area contributed by atoms with Crippen LogP contribution >= 0.6 is 24.8 Å². The van der Waals surface area contributed by atoms with E-state index >= 15 is 0 Å². The van der Waals surface area contributed by atoms with Crippen LogP contribution in [0, 0.1) is 5.92 Å². The third-order valence-electron chi connectivity index (χ3n) is 3.80. The molecule has 5 nitrogen and oxygen atoms in total. The number of amides is 1. The lowest BCUT2D eigenvalue weighted by atomic mass is 9.99. The Hall–Kier alpha value is -1.04. The third-order valence-corrected chi connectivity index (χ3v) is 3.80. The van der Waals surface area contributed by atoms with E-state index in [2.05, 4.69) is 22.1 Å². The Kier molecular flexibility index (Phi) is 9.41. The lowest BCUT2D eigenvalue weighted by molar-refractivity contribution is -0.122. The Labute approximate surface area is 144 Å². The van der Waals surface area contributed by atoms with Crippen molar-refractivity contribution in [3.05, 3.63) is 23.9 Å². The van der Waals surface area contributed by atoms with Crippen molar-refractivity contribution < 1.29 is 4.79 Å². The van der Waals surface area contributed by atoms with E-state index in [1.807, 2.05) is 18.3 Å². The van der Waals surface area contributed by atoms with Crippen LogP contribution < -0.4 is 16.0 Å². The van der Waals surface area contributed by atoms with Gasteiger partial charge < -0.3 is 16.0 Å². The second-order valence-corrected chi connectivity index (χ2v) is 5.70. The first-order chi connectivity index (χ1) is 9.56. The van der Waals surface area contributed by atoms with E-state index in [0.717, 1.165) is 30.4 Å². The van der Waals surface area contributed by atoms with Crippen molar-refractivity contribution in [1.29, 1.82) is 0 Å². The first kappa shape index (κ1) is 21.0. The van der Waals surface area contributed by atoms with Crippen molar-refractivity contribution in [3.63, 3.8) is 0 Å². The molecule has 7 heteroatoms. The van der Waals surface area contributed by atoms with E-state index in [1.165, 1.54) is 12.8 Å². The Morgan fingerprint density at radius 3 is 2.55 bits per heavy atom. The zero-order valence-corrected chi connectivity index (χ0v) is 14.8. The molecule has 1 aliphatic heterocycles. The van der Waals surface area contributed by atoms with Crippen LogP contribution in [-0.2, 0) is 11.3 Å². The molecule has 1 aromatic heterocycles. The molecule has 1 atom stereocenters. The summed E-state index contributed by atoms with van der Waals surface area (Å²) >= 11 is 0. The number of hydrogen-bond acceptors (Lipinski definition) is 4. The Bertz CT molecular complexity index is 445. The average Bonchev–Trinajstić information content (AvgIpc) is 2.46. The van der Waals surface area contributed by atoms with Gasteiger partial charge in [0.05, 0.1) is 6.04 Å². The van der Waals surface area contributed by atoms with Gasteiger partial charge in [-0.05, 0) is 37.3 Å². The van der Waals surface area contributed by atoms with Gasteiger partial charge in [-0.2, -0.15) is 0 Å². The molecular weight excluding hydrogens is 323 g/mol. The number of hydrogen-bond donors (Lipinski definition) is 2. The van der Waals surface area contributed by atoms with Gasteiger partial charge in [0.15, 0.2) is 0 Å². The number of carbonyl (C=O) groups excluding carboxylic acids is 1. The van der Waals surface area contributed by atoms with E-state index in [0.29, 0.717) is 6.54 Å². The SMILES string of the molecule is CC1CCN(c2ccc(CNC(=O)[C@@H](C)N)cn2)CC1.Cl.Cl. The van der Waals surface area contributed by atoms with Gasteiger partial charge in [-0.3, -0.25) is 4.79 Å². The fourth-order valence-corrected chi connectivity index (χ4v) is 2.30. The highest BCUT2D eigenvalue weighted by Crippen LogP contribution is 2.21. The molecule has 1 aliphatic rings. The van der Waals surface area contributed by atoms with Gasteiger partial charge in [-0.1, -0.05) is 13.0 Å². The summed E-state index contributed by atoms with van der Waals surface area (Å²) < 4.78 is 0. The molecule has 3 N–H and O–H groups in total. The first-order valence-electron chi connectivity index (χ1n) is 7.29. The van der Waals surface area contributed by atoms with Crippen molar-refractivity contribution in [2.75, 3.05) is 18.0 Å². The summed E-state index contributed by atoms with van der Waals surface area (Å²) in [5.41, 5.74) is 6.49. The quantitative estimate of drug-likeness (QED) is 0.874. The fraction of sp³-hybridized carbons (Fsp3) is 0.600. The number of nitrogens with two attached hydrogens (primary N) is 1. The number of halogens is 2. The number of anilines is 1. The smallest absolute Gasteiger partial charge is 0.236 e. The highest BCUT2D eigenvalue weighted by molar-refractivity contribution is 5.85. The zero-order chi connectivity index (χ0) is 14.5. The molecular formula is C15H26Cl2N4O. The lowest BCUT2D eigenvalue weighted by Gasteiger charge is -2.31. The van der Waals surface area contributed by atoms with Crippen LogP contribution in [-0.4, -0.2) is 30.0 Å². The van der Waals surface area contributed by atoms with Crippen LogP contribution in [0.1, 0.15) is 32.3 Å². The van der Waals surface area contributed by atoms with Crippen molar-refractivity contribution in [1.82, 2.24) is 10.3 Å². The van der Waals surface area contributed by atoms with Crippen LogP contribution in [0.4, 0.5) is 5.82 Å². The molecule has 0 unspecified atom stereocenters. The predicted molar refractivity (Wildman–Crippen MR) is 94.8 cm³/mol. The highest BCUT2D eigenvalue weighted by atomic mass is 35.5. The average molecular weight is 349 g/mol. The number of nitrogens with one attached hydrogen (secondary N) is 1. The van der Waals surface area contributed by atoms with Crippen molar-refractivity contribution in [3.8, 4) is 0 Å². The van der Waals surface area contributed by atoms with Crippen LogP contribution in [0.3, 0.4) is 0 Å². The molecule has 0 aliphatic carbocycles. The molecule has 0 bridgehead atoms. The summed E-state index contributed by atoms with van der Waals surface area (Å²) in [6, 6.07) is 3.57. The topological polar surface area (TPSA) is 71.2 Å². The number of piperidine rings is 1. The molecule has 2 rings (SSSR count). The van der Waals surface area contributed by atoms with Gasteiger partial charge in [0, 0.05) is 25.8 Å². The van der Waals surface area contributed by atoms with E-state index in [9.17, 15) is 4.79 Å². The zero-order valence-electron chi connectivity index (χ0n) is 13.1. The van der Waals surface area contributed by atoms with Gasteiger partial charge in [-0.25, -0.2) is 4.98 Å². The minimum Gasteiger partial charge on any atom is -0.357 e. The summed E-state index contributed by atoms with van der Waals surface area (Å²) in [5, 5.41) is 2.79.